The van der Waals surface area contributed by atoms with Crippen LogP contribution < -0.4 is 0 Å². The Hall–Kier alpha value is -1.04. The lowest BCUT2D eigenvalue weighted by Crippen LogP contribution is -2.04. The summed E-state index contributed by atoms with van der Waals surface area (Å²) in [6, 6.07) is 0. The first kappa shape index (κ1) is 11.0. The van der Waals surface area contributed by atoms with Crippen LogP contribution in [-0.4, -0.2) is 12.5 Å². The number of carbonyl (C=O) groups is 1. The smallest absolute Gasteiger partial charge is 0.198 e. The van der Waals surface area contributed by atoms with Crippen LogP contribution in [0.25, 0.3) is 0 Å². The summed E-state index contributed by atoms with van der Waals surface area (Å²) in [5, 5.41) is 0. The zero-order valence-corrected chi connectivity index (χ0v) is 7.72. The van der Waals surface area contributed by atoms with E-state index in [9.17, 15) is 22.4 Å². The van der Waals surface area contributed by atoms with Gasteiger partial charge in [-0.25, -0.2) is 17.6 Å². The van der Waals surface area contributed by atoms with Gasteiger partial charge in [-0.15, -0.1) is 11.8 Å². The third kappa shape index (κ3) is 1.50. The second-order valence-corrected chi connectivity index (χ2v) is 3.14. The van der Waals surface area contributed by atoms with Gasteiger partial charge >= 0.3 is 0 Å². The van der Waals surface area contributed by atoms with Crippen molar-refractivity contribution < 1.29 is 22.4 Å². The Kier molecular flexibility index (Phi) is 3.15. The number of carbonyl (C=O) groups excluding carboxylic acids is 1. The number of aldehydes is 1. The largest absolute Gasteiger partial charge is 0.298 e. The van der Waals surface area contributed by atoms with Crippen LogP contribution in [0.15, 0.2) is 4.90 Å². The fourth-order valence-electron chi connectivity index (χ4n) is 0.933. The zero-order chi connectivity index (χ0) is 10.9. The molecule has 0 bridgehead atoms. The maximum Gasteiger partial charge on any atom is 0.198 e. The Bertz CT molecular complexity index is 392. The van der Waals surface area contributed by atoms with Crippen molar-refractivity contribution in [1.82, 2.24) is 0 Å². The van der Waals surface area contributed by atoms with Crippen LogP contribution >= 0.6 is 11.8 Å². The molecule has 0 saturated carbocycles. The summed E-state index contributed by atoms with van der Waals surface area (Å²) in [4.78, 5) is 9.78. The monoisotopic (exact) mass is 224 g/mol. The highest BCUT2D eigenvalue weighted by molar-refractivity contribution is 7.98. The van der Waals surface area contributed by atoms with Crippen molar-refractivity contribution in [3.05, 3.63) is 28.8 Å². The van der Waals surface area contributed by atoms with Gasteiger partial charge in [-0.1, -0.05) is 0 Å². The molecular weight excluding hydrogens is 220 g/mol. The molecule has 6 heteroatoms. The van der Waals surface area contributed by atoms with Gasteiger partial charge in [0.2, 0.25) is 0 Å². The van der Waals surface area contributed by atoms with Crippen LogP contribution in [0.3, 0.4) is 0 Å². The molecule has 0 aliphatic heterocycles. The molecule has 0 spiro atoms. The molecule has 0 N–H and O–H groups in total. The molecule has 0 aromatic heterocycles. The molecule has 0 saturated heterocycles. The Labute approximate surface area is 81.1 Å². The second kappa shape index (κ2) is 4.00. The highest BCUT2D eigenvalue weighted by atomic mass is 32.2. The molecule has 0 unspecified atom stereocenters. The lowest BCUT2D eigenvalue weighted by molar-refractivity contribution is 0.111. The Balaban J connectivity index is 3.65. The maximum absolute atomic E-state index is 12.9. The molecule has 1 nitrogen and oxygen atoms in total. The van der Waals surface area contributed by atoms with Gasteiger partial charge in [0.15, 0.2) is 29.6 Å². The highest BCUT2D eigenvalue weighted by Crippen LogP contribution is 2.29. The molecule has 14 heavy (non-hydrogen) atoms. The topological polar surface area (TPSA) is 17.1 Å². The molecule has 0 atom stereocenters. The van der Waals surface area contributed by atoms with Crippen molar-refractivity contribution in [2.75, 3.05) is 6.26 Å². The van der Waals surface area contributed by atoms with Crippen LogP contribution in [0.1, 0.15) is 10.4 Å². The van der Waals surface area contributed by atoms with Crippen LogP contribution in [0.4, 0.5) is 17.6 Å². The van der Waals surface area contributed by atoms with Gasteiger partial charge in [-0.3, -0.25) is 4.79 Å². The van der Waals surface area contributed by atoms with Crippen LogP contribution in [0.2, 0.25) is 0 Å². The van der Waals surface area contributed by atoms with E-state index < -0.39 is 33.7 Å². The Morgan fingerprint density at radius 2 is 1.50 bits per heavy atom. The van der Waals surface area contributed by atoms with E-state index >= 15 is 0 Å². The van der Waals surface area contributed by atoms with Crippen molar-refractivity contribution in [2.45, 2.75) is 4.90 Å². The average Bonchev–Trinajstić information content (AvgIpc) is 2.20. The molecule has 0 amide bonds. The standard InChI is InChI=1S/C8H4F4OS/c1-14-8-3(2-13)4(9)5(10)6(11)7(8)12/h2H,1H3. The average molecular weight is 224 g/mol. The number of rotatable bonds is 2. The van der Waals surface area contributed by atoms with Crippen molar-refractivity contribution in [2.24, 2.45) is 0 Å². The summed E-state index contributed by atoms with van der Waals surface area (Å²) in [6.45, 7) is 0. The summed E-state index contributed by atoms with van der Waals surface area (Å²) >= 11 is 0.631. The first-order valence-corrected chi connectivity index (χ1v) is 4.62. The molecule has 0 heterocycles. The molecule has 76 valence electrons. The number of hydrogen-bond donors (Lipinski definition) is 0. The van der Waals surface area contributed by atoms with Gasteiger partial charge in [-0.05, 0) is 6.26 Å². The summed E-state index contributed by atoms with van der Waals surface area (Å²) in [5.41, 5.74) is -0.797. The Morgan fingerprint density at radius 3 is 1.93 bits per heavy atom. The molecule has 0 aliphatic carbocycles. The summed E-state index contributed by atoms with van der Waals surface area (Å²) in [5.74, 6) is -7.08. The van der Waals surface area contributed by atoms with Gasteiger partial charge in [0.1, 0.15) is 0 Å². The van der Waals surface area contributed by atoms with Crippen molar-refractivity contribution >= 4 is 18.0 Å². The summed E-state index contributed by atoms with van der Waals surface area (Å²) < 4.78 is 51.0. The van der Waals surface area contributed by atoms with Crippen molar-refractivity contribution in [1.29, 1.82) is 0 Å². The quantitative estimate of drug-likeness (QED) is 0.252. The molecule has 0 aliphatic rings. The predicted molar refractivity (Wildman–Crippen MR) is 43.4 cm³/mol. The SMILES string of the molecule is CSc1c(F)c(F)c(F)c(F)c1C=O. The number of halogens is 4. The minimum Gasteiger partial charge on any atom is -0.298 e. The number of thioether (sulfide) groups is 1. The summed E-state index contributed by atoms with van der Waals surface area (Å²) in [6.07, 6.45) is 1.27. The van der Waals surface area contributed by atoms with E-state index in [-0.39, 0.29) is 6.29 Å². The lowest BCUT2D eigenvalue weighted by Gasteiger charge is -2.06. The summed E-state index contributed by atoms with van der Waals surface area (Å²) in [7, 11) is 0. The van der Waals surface area contributed by atoms with Crippen LogP contribution in [0, 0.1) is 23.3 Å². The molecule has 0 radical (unpaired) electrons. The van der Waals surface area contributed by atoms with E-state index in [0.717, 1.165) is 0 Å². The number of benzene rings is 1. The van der Waals surface area contributed by atoms with E-state index in [1.807, 2.05) is 0 Å². The first-order chi connectivity index (χ1) is 6.54. The third-order valence-corrected chi connectivity index (χ3v) is 2.39. The van der Waals surface area contributed by atoms with Crippen LogP contribution in [0.5, 0.6) is 0 Å². The maximum atomic E-state index is 12.9. The van der Waals surface area contributed by atoms with Gasteiger partial charge in [0, 0.05) is 0 Å². The highest BCUT2D eigenvalue weighted by Gasteiger charge is 2.24. The molecule has 1 aromatic carbocycles. The van der Waals surface area contributed by atoms with E-state index in [0.29, 0.717) is 11.8 Å². The molecular formula is C8H4F4OS. The molecule has 1 rings (SSSR count). The van der Waals surface area contributed by atoms with Crippen molar-refractivity contribution in [3.8, 4) is 0 Å². The zero-order valence-electron chi connectivity index (χ0n) is 6.91. The number of hydrogen-bond acceptors (Lipinski definition) is 2. The minimum atomic E-state index is -1.97. The lowest BCUT2D eigenvalue weighted by atomic mass is 10.2. The fourth-order valence-corrected chi connectivity index (χ4v) is 1.56. The van der Waals surface area contributed by atoms with Gasteiger partial charge in [0.25, 0.3) is 0 Å². The van der Waals surface area contributed by atoms with E-state index in [1.165, 1.54) is 6.26 Å². The van der Waals surface area contributed by atoms with Crippen LogP contribution in [-0.2, 0) is 0 Å². The van der Waals surface area contributed by atoms with Crippen molar-refractivity contribution in [3.63, 3.8) is 0 Å². The predicted octanol–water partition coefficient (Wildman–Crippen LogP) is 2.78. The van der Waals surface area contributed by atoms with E-state index in [1.54, 1.807) is 0 Å². The fraction of sp³-hybridized carbons (Fsp3) is 0.125. The van der Waals surface area contributed by atoms with Gasteiger partial charge in [0.05, 0.1) is 10.5 Å². The van der Waals surface area contributed by atoms with E-state index in [2.05, 4.69) is 0 Å². The second-order valence-electron chi connectivity index (χ2n) is 2.32. The minimum absolute atomic E-state index is 0.0488. The van der Waals surface area contributed by atoms with E-state index in [4.69, 9.17) is 0 Å². The third-order valence-electron chi connectivity index (χ3n) is 1.58. The van der Waals surface area contributed by atoms with Gasteiger partial charge in [-0.2, -0.15) is 0 Å². The normalized spacial score (nSPS) is 10.4. The molecule has 1 aromatic rings. The Morgan fingerprint density at radius 1 is 1.00 bits per heavy atom. The van der Waals surface area contributed by atoms with Gasteiger partial charge < -0.3 is 0 Å². The first-order valence-electron chi connectivity index (χ1n) is 3.39. The molecule has 0 fully saturated rings.